The molecule has 0 unspecified atom stereocenters. The Labute approximate surface area is 213 Å². The summed E-state index contributed by atoms with van der Waals surface area (Å²) in [5, 5.41) is 14.3. The second-order valence-corrected chi connectivity index (χ2v) is 8.30. The Hall–Kier alpha value is -5.13. The summed E-state index contributed by atoms with van der Waals surface area (Å²) in [6.07, 6.45) is -0.871. The maximum atomic E-state index is 13.0. The Bertz CT molecular complexity index is 1690. The van der Waals surface area contributed by atoms with E-state index in [1.54, 1.807) is 43.5 Å². The summed E-state index contributed by atoms with van der Waals surface area (Å²) in [6.45, 7) is 1.79. The molecular weight excluding hydrogens is 499 g/mol. The van der Waals surface area contributed by atoms with E-state index in [0.717, 1.165) is 11.9 Å². The number of nitrogens with one attached hydrogen (secondary N) is 1. The van der Waals surface area contributed by atoms with Gasteiger partial charge in [-0.05, 0) is 48.4 Å². The van der Waals surface area contributed by atoms with Gasteiger partial charge < -0.3 is 16.2 Å². The van der Waals surface area contributed by atoms with Crippen LogP contribution in [-0.4, -0.2) is 35.9 Å². The number of amides is 1. The molecule has 4 N–H and O–H groups in total. The van der Waals surface area contributed by atoms with Crippen LogP contribution in [0.25, 0.3) is 33.3 Å². The predicted molar refractivity (Wildman–Crippen MR) is 134 cm³/mol. The summed E-state index contributed by atoms with van der Waals surface area (Å²) < 4.78 is 39.0. The first-order chi connectivity index (χ1) is 18.1. The first-order valence-corrected chi connectivity index (χ1v) is 11.1. The molecular formula is C26H18F3N7O2. The number of hydrogen-bond acceptors (Lipinski definition) is 8. The third-order valence-electron chi connectivity index (χ3n) is 5.77. The van der Waals surface area contributed by atoms with Crippen LogP contribution in [0.15, 0.2) is 67.3 Å². The van der Waals surface area contributed by atoms with Gasteiger partial charge in [0.1, 0.15) is 23.6 Å². The molecule has 0 fully saturated rings. The zero-order valence-corrected chi connectivity index (χ0v) is 19.7. The molecule has 1 amide bonds. The van der Waals surface area contributed by atoms with E-state index in [1.165, 1.54) is 18.3 Å². The number of rotatable bonds is 4. The zero-order chi connectivity index (χ0) is 27.0. The van der Waals surface area contributed by atoms with Crippen LogP contribution in [0.1, 0.15) is 21.6 Å². The highest BCUT2D eigenvalue weighted by Gasteiger charge is 2.33. The van der Waals surface area contributed by atoms with Crippen molar-refractivity contribution in [2.75, 3.05) is 11.1 Å². The van der Waals surface area contributed by atoms with Crippen LogP contribution < -0.4 is 11.1 Å². The fraction of sp³-hybridized carbons (Fsp3) is 0.0769. The predicted octanol–water partition coefficient (Wildman–Crippen LogP) is 5.02. The lowest BCUT2D eigenvalue weighted by atomic mass is 9.92. The SMILES string of the molecule is Cc1ccc(C(=O)Nc2cc(C(F)(F)F)ncn2)cc1-c1cc2cnc(N)nc2c(-c2ccccn2)c1O. The number of alkyl halides is 3. The van der Waals surface area contributed by atoms with Crippen molar-refractivity contribution in [3.05, 3.63) is 84.1 Å². The van der Waals surface area contributed by atoms with Crippen LogP contribution in [-0.2, 0) is 6.18 Å². The molecule has 0 aliphatic rings. The summed E-state index contributed by atoms with van der Waals surface area (Å²) in [5.74, 6) is -1.12. The van der Waals surface area contributed by atoms with E-state index < -0.39 is 17.8 Å². The van der Waals surface area contributed by atoms with Gasteiger partial charge in [0.05, 0.1) is 16.8 Å². The fourth-order valence-corrected chi connectivity index (χ4v) is 3.96. The minimum atomic E-state index is -4.69. The van der Waals surface area contributed by atoms with Crippen LogP contribution in [0, 0.1) is 6.92 Å². The average Bonchev–Trinajstić information content (AvgIpc) is 2.89. The van der Waals surface area contributed by atoms with Gasteiger partial charge in [0.15, 0.2) is 0 Å². The smallest absolute Gasteiger partial charge is 0.433 e. The van der Waals surface area contributed by atoms with E-state index in [1.807, 2.05) is 0 Å². The largest absolute Gasteiger partial charge is 0.507 e. The van der Waals surface area contributed by atoms with Crippen LogP contribution >= 0.6 is 0 Å². The molecule has 5 aromatic rings. The van der Waals surface area contributed by atoms with Crippen molar-refractivity contribution in [1.29, 1.82) is 0 Å². The summed E-state index contributed by atoms with van der Waals surface area (Å²) in [6, 6.07) is 12.2. The Morgan fingerprint density at radius 1 is 1.00 bits per heavy atom. The van der Waals surface area contributed by atoms with E-state index >= 15 is 0 Å². The number of benzene rings is 2. The van der Waals surface area contributed by atoms with Crippen LogP contribution in [0.5, 0.6) is 5.75 Å². The van der Waals surface area contributed by atoms with E-state index in [0.29, 0.717) is 39.4 Å². The number of nitrogens with zero attached hydrogens (tertiary/aromatic N) is 5. The molecule has 0 bridgehead atoms. The normalized spacial score (nSPS) is 11.5. The number of aryl methyl sites for hydroxylation is 1. The van der Waals surface area contributed by atoms with Crippen molar-refractivity contribution < 1.29 is 23.1 Å². The van der Waals surface area contributed by atoms with E-state index in [-0.39, 0.29) is 23.1 Å². The maximum Gasteiger partial charge on any atom is 0.433 e. The highest BCUT2D eigenvalue weighted by molar-refractivity contribution is 6.06. The van der Waals surface area contributed by atoms with Gasteiger partial charge in [-0.15, -0.1) is 0 Å². The lowest BCUT2D eigenvalue weighted by molar-refractivity contribution is -0.141. The van der Waals surface area contributed by atoms with Crippen LogP contribution in [0.3, 0.4) is 0 Å². The molecule has 3 heterocycles. The van der Waals surface area contributed by atoms with Crippen molar-refractivity contribution in [1.82, 2.24) is 24.9 Å². The average molecular weight is 517 g/mol. The van der Waals surface area contributed by atoms with Gasteiger partial charge in [0, 0.05) is 35.0 Å². The van der Waals surface area contributed by atoms with E-state index in [9.17, 15) is 23.1 Å². The molecule has 0 saturated heterocycles. The Morgan fingerprint density at radius 2 is 1.82 bits per heavy atom. The number of carbonyl (C=O) groups excluding carboxylic acids is 1. The number of aromatic hydroxyl groups is 1. The highest BCUT2D eigenvalue weighted by atomic mass is 19.4. The summed E-state index contributed by atoms with van der Waals surface area (Å²) in [4.78, 5) is 32.5. The number of phenols is 1. The number of pyridine rings is 1. The van der Waals surface area contributed by atoms with Gasteiger partial charge in [0.25, 0.3) is 5.91 Å². The van der Waals surface area contributed by atoms with Gasteiger partial charge in [0.2, 0.25) is 5.95 Å². The summed E-state index contributed by atoms with van der Waals surface area (Å²) in [7, 11) is 0. The lowest BCUT2D eigenvalue weighted by Gasteiger charge is -2.16. The van der Waals surface area contributed by atoms with Crippen molar-refractivity contribution in [2.24, 2.45) is 0 Å². The first kappa shape index (κ1) is 24.6. The zero-order valence-electron chi connectivity index (χ0n) is 19.7. The fourth-order valence-electron chi connectivity index (χ4n) is 3.96. The monoisotopic (exact) mass is 517 g/mol. The number of anilines is 2. The second-order valence-electron chi connectivity index (χ2n) is 8.30. The van der Waals surface area contributed by atoms with E-state index in [4.69, 9.17) is 5.73 Å². The molecule has 3 aromatic heterocycles. The molecule has 0 radical (unpaired) electrons. The van der Waals surface area contributed by atoms with Gasteiger partial charge >= 0.3 is 6.18 Å². The molecule has 0 spiro atoms. The number of carbonyl (C=O) groups is 1. The quantitative estimate of drug-likeness (QED) is 0.302. The van der Waals surface area contributed by atoms with Crippen molar-refractivity contribution in [3.63, 3.8) is 0 Å². The molecule has 2 aromatic carbocycles. The van der Waals surface area contributed by atoms with Crippen molar-refractivity contribution in [3.8, 4) is 28.1 Å². The van der Waals surface area contributed by atoms with Gasteiger partial charge in [-0.25, -0.2) is 19.9 Å². The number of nitrogens with two attached hydrogens (primary N) is 1. The molecule has 12 heteroatoms. The first-order valence-electron chi connectivity index (χ1n) is 11.1. The summed E-state index contributed by atoms with van der Waals surface area (Å²) >= 11 is 0. The number of phenolic OH excluding ortho intramolecular Hbond substituents is 1. The van der Waals surface area contributed by atoms with Crippen molar-refractivity contribution in [2.45, 2.75) is 13.1 Å². The maximum absolute atomic E-state index is 13.0. The minimum Gasteiger partial charge on any atom is -0.507 e. The standard InChI is InChI=1S/C26H18F3N7O2/c1-13-5-6-14(24(38)35-20-10-19(26(27,28)29)33-12-34-20)8-16(13)17-9-15-11-32-25(30)36-22(15)21(23(17)37)18-4-2-3-7-31-18/h2-12,37H,1H3,(H2,30,32,36)(H,33,34,35,38). The van der Waals surface area contributed by atoms with Crippen LogP contribution in [0.4, 0.5) is 24.9 Å². The molecule has 38 heavy (non-hydrogen) atoms. The molecule has 0 atom stereocenters. The molecule has 0 saturated carbocycles. The number of aromatic nitrogens is 5. The number of hydrogen-bond donors (Lipinski definition) is 3. The molecule has 190 valence electrons. The lowest BCUT2D eigenvalue weighted by Crippen LogP contribution is -2.15. The topological polar surface area (TPSA) is 140 Å². The summed E-state index contributed by atoms with van der Waals surface area (Å²) in [5.41, 5.74) is 7.54. The van der Waals surface area contributed by atoms with Crippen LogP contribution in [0.2, 0.25) is 0 Å². The van der Waals surface area contributed by atoms with Gasteiger partial charge in [-0.3, -0.25) is 9.78 Å². The second kappa shape index (κ2) is 9.39. The molecule has 9 nitrogen and oxygen atoms in total. The Morgan fingerprint density at radius 3 is 2.55 bits per heavy atom. The Kier molecular flexibility index (Phi) is 6.07. The molecule has 0 aliphatic heterocycles. The molecule has 5 rings (SSSR count). The Balaban J connectivity index is 1.60. The third-order valence-corrected chi connectivity index (χ3v) is 5.77. The highest BCUT2D eigenvalue weighted by Crippen LogP contribution is 2.43. The van der Waals surface area contributed by atoms with Crippen molar-refractivity contribution >= 4 is 28.6 Å². The number of halogens is 3. The molecule has 0 aliphatic carbocycles. The third kappa shape index (κ3) is 4.66. The van der Waals surface area contributed by atoms with Gasteiger partial charge in [-0.1, -0.05) is 12.1 Å². The number of fused-ring (bicyclic) bond motifs is 1. The van der Waals surface area contributed by atoms with E-state index in [2.05, 4.69) is 30.2 Å². The minimum absolute atomic E-state index is 0.0232. The number of nitrogen functional groups attached to an aromatic ring is 1. The van der Waals surface area contributed by atoms with Gasteiger partial charge in [-0.2, -0.15) is 13.2 Å².